The quantitative estimate of drug-likeness (QED) is 0.649. The summed E-state index contributed by atoms with van der Waals surface area (Å²) < 4.78 is 24.7. The zero-order valence-corrected chi connectivity index (χ0v) is 13.7. The summed E-state index contributed by atoms with van der Waals surface area (Å²) in [6, 6.07) is 10.6. The number of carbonyl (C=O) groups excluding carboxylic acids is 1. The standard InChI is InChI=1S/C20H19FO4/c21-17-6-2-1-5-14(17)8-11-18(22)16-10-9-15(13-19(16)23)25-20-7-3-4-12-24-20/h1-2,5-6,8-11,13,20,23H,3-4,7,12H2/b11-8+. The minimum Gasteiger partial charge on any atom is -0.507 e. The number of hydrogen-bond donors (Lipinski definition) is 1. The number of aromatic hydroxyl groups is 1. The summed E-state index contributed by atoms with van der Waals surface area (Å²) >= 11 is 0. The molecule has 0 radical (unpaired) electrons. The van der Waals surface area contributed by atoms with Crippen LogP contribution < -0.4 is 4.74 Å². The Labute approximate surface area is 145 Å². The molecule has 0 bridgehead atoms. The fraction of sp³-hybridized carbons (Fsp3) is 0.250. The van der Waals surface area contributed by atoms with Crippen LogP contribution in [0.5, 0.6) is 11.5 Å². The Bertz CT molecular complexity index is 779. The van der Waals surface area contributed by atoms with Crippen molar-refractivity contribution in [3.63, 3.8) is 0 Å². The molecule has 2 aromatic carbocycles. The summed E-state index contributed by atoms with van der Waals surface area (Å²) in [6.45, 7) is 0.661. The van der Waals surface area contributed by atoms with E-state index in [4.69, 9.17) is 9.47 Å². The second kappa shape index (κ2) is 7.94. The van der Waals surface area contributed by atoms with Gasteiger partial charge in [-0.3, -0.25) is 4.79 Å². The molecule has 1 atom stereocenters. The Morgan fingerprint density at radius 1 is 1.24 bits per heavy atom. The van der Waals surface area contributed by atoms with Gasteiger partial charge in [-0.2, -0.15) is 0 Å². The van der Waals surface area contributed by atoms with Gasteiger partial charge >= 0.3 is 0 Å². The van der Waals surface area contributed by atoms with Crippen LogP contribution in [0.4, 0.5) is 4.39 Å². The van der Waals surface area contributed by atoms with E-state index >= 15 is 0 Å². The zero-order valence-electron chi connectivity index (χ0n) is 13.7. The molecule has 1 aliphatic heterocycles. The molecule has 1 N–H and O–H groups in total. The van der Waals surface area contributed by atoms with Crippen LogP contribution in [-0.2, 0) is 4.74 Å². The summed E-state index contributed by atoms with van der Waals surface area (Å²) in [5.74, 6) is -0.566. The van der Waals surface area contributed by atoms with Crippen LogP contribution in [0.15, 0.2) is 48.5 Å². The molecule has 25 heavy (non-hydrogen) atoms. The summed E-state index contributed by atoms with van der Waals surface area (Å²) in [5.41, 5.74) is 0.439. The molecule has 1 aliphatic rings. The predicted molar refractivity (Wildman–Crippen MR) is 92.1 cm³/mol. The fourth-order valence-electron chi connectivity index (χ4n) is 2.61. The third-order valence-electron chi connectivity index (χ3n) is 3.96. The first-order valence-electron chi connectivity index (χ1n) is 8.22. The number of phenols is 1. The highest BCUT2D eigenvalue weighted by molar-refractivity contribution is 6.08. The number of benzene rings is 2. The van der Waals surface area contributed by atoms with E-state index < -0.39 is 11.6 Å². The van der Waals surface area contributed by atoms with Crippen molar-refractivity contribution in [1.29, 1.82) is 0 Å². The van der Waals surface area contributed by atoms with Crippen molar-refractivity contribution in [3.05, 3.63) is 65.5 Å². The van der Waals surface area contributed by atoms with E-state index in [0.29, 0.717) is 17.9 Å². The van der Waals surface area contributed by atoms with E-state index in [0.717, 1.165) is 19.3 Å². The number of ketones is 1. The average molecular weight is 342 g/mol. The smallest absolute Gasteiger partial charge is 0.199 e. The highest BCUT2D eigenvalue weighted by atomic mass is 19.1. The maximum atomic E-state index is 13.6. The monoisotopic (exact) mass is 342 g/mol. The summed E-state index contributed by atoms with van der Waals surface area (Å²) in [6.07, 6.45) is 5.15. The molecule has 1 unspecified atom stereocenters. The second-order valence-electron chi connectivity index (χ2n) is 5.81. The molecule has 4 nitrogen and oxygen atoms in total. The van der Waals surface area contributed by atoms with E-state index in [-0.39, 0.29) is 17.6 Å². The molecular formula is C20H19FO4. The molecule has 0 amide bonds. The lowest BCUT2D eigenvalue weighted by atomic mass is 10.1. The molecular weight excluding hydrogens is 323 g/mol. The first kappa shape index (κ1) is 17.2. The molecule has 0 aromatic heterocycles. The molecule has 0 aliphatic carbocycles. The van der Waals surface area contributed by atoms with Crippen molar-refractivity contribution in [2.75, 3.05) is 6.61 Å². The Morgan fingerprint density at radius 3 is 2.80 bits per heavy atom. The zero-order chi connectivity index (χ0) is 17.6. The van der Waals surface area contributed by atoms with Crippen molar-refractivity contribution >= 4 is 11.9 Å². The normalized spacial score (nSPS) is 17.6. The Balaban J connectivity index is 1.69. The lowest BCUT2D eigenvalue weighted by molar-refractivity contribution is -0.105. The van der Waals surface area contributed by atoms with Crippen LogP contribution in [0.2, 0.25) is 0 Å². The second-order valence-corrected chi connectivity index (χ2v) is 5.81. The largest absolute Gasteiger partial charge is 0.507 e. The van der Waals surface area contributed by atoms with Crippen molar-refractivity contribution in [3.8, 4) is 11.5 Å². The minimum atomic E-state index is -0.416. The van der Waals surface area contributed by atoms with Crippen LogP contribution in [0.3, 0.4) is 0 Å². The van der Waals surface area contributed by atoms with Gasteiger partial charge in [0.15, 0.2) is 12.1 Å². The number of ether oxygens (including phenoxy) is 2. The molecule has 1 fully saturated rings. The molecule has 3 rings (SSSR count). The Morgan fingerprint density at radius 2 is 2.08 bits per heavy atom. The third kappa shape index (κ3) is 4.45. The van der Waals surface area contributed by atoms with Crippen molar-refractivity contribution in [1.82, 2.24) is 0 Å². The molecule has 130 valence electrons. The van der Waals surface area contributed by atoms with Gasteiger partial charge in [-0.1, -0.05) is 18.2 Å². The van der Waals surface area contributed by atoms with Gasteiger partial charge in [0.05, 0.1) is 12.2 Å². The SMILES string of the molecule is O=C(/C=C/c1ccccc1F)c1ccc(OC2CCCCO2)cc1O. The Kier molecular flexibility index (Phi) is 5.46. The summed E-state index contributed by atoms with van der Waals surface area (Å²) in [5, 5.41) is 10.1. The van der Waals surface area contributed by atoms with Gasteiger partial charge in [0.2, 0.25) is 0 Å². The maximum Gasteiger partial charge on any atom is 0.199 e. The minimum absolute atomic E-state index is 0.129. The van der Waals surface area contributed by atoms with Crippen LogP contribution in [0.25, 0.3) is 6.08 Å². The molecule has 2 aromatic rings. The molecule has 5 heteroatoms. The summed E-state index contributed by atoms with van der Waals surface area (Å²) in [7, 11) is 0. The van der Waals surface area contributed by atoms with Gasteiger partial charge in [-0.25, -0.2) is 4.39 Å². The summed E-state index contributed by atoms with van der Waals surface area (Å²) in [4.78, 5) is 12.2. The number of carbonyl (C=O) groups is 1. The molecule has 1 saturated heterocycles. The Hall–Kier alpha value is -2.66. The van der Waals surface area contributed by atoms with Crippen LogP contribution in [0, 0.1) is 5.82 Å². The topological polar surface area (TPSA) is 55.8 Å². The van der Waals surface area contributed by atoms with Gasteiger partial charge in [-0.15, -0.1) is 0 Å². The molecule has 0 saturated carbocycles. The van der Waals surface area contributed by atoms with E-state index in [1.165, 1.54) is 30.4 Å². The van der Waals surface area contributed by atoms with E-state index in [9.17, 15) is 14.3 Å². The maximum absolute atomic E-state index is 13.6. The predicted octanol–water partition coefficient (Wildman–Crippen LogP) is 4.33. The lowest BCUT2D eigenvalue weighted by Gasteiger charge is -2.23. The first-order valence-corrected chi connectivity index (χ1v) is 8.22. The lowest BCUT2D eigenvalue weighted by Crippen LogP contribution is -2.24. The number of rotatable bonds is 5. The third-order valence-corrected chi connectivity index (χ3v) is 3.96. The molecule has 0 spiro atoms. The highest BCUT2D eigenvalue weighted by Gasteiger charge is 2.16. The van der Waals surface area contributed by atoms with Crippen molar-refractivity contribution < 1.29 is 23.8 Å². The van der Waals surface area contributed by atoms with Gasteiger partial charge in [0.1, 0.15) is 17.3 Å². The van der Waals surface area contributed by atoms with Crippen molar-refractivity contribution in [2.24, 2.45) is 0 Å². The van der Waals surface area contributed by atoms with Crippen molar-refractivity contribution in [2.45, 2.75) is 25.6 Å². The first-order chi connectivity index (χ1) is 12.1. The van der Waals surface area contributed by atoms with Gasteiger partial charge in [-0.05, 0) is 43.2 Å². The van der Waals surface area contributed by atoms with Crippen LogP contribution in [-0.4, -0.2) is 23.8 Å². The van der Waals surface area contributed by atoms with E-state index in [1.807, 2.05) is 0 Å². The van der Waals surface area contributed by atoms with Crippen LogP contribution >= 0.6 is 0 Å². The average Bonchev–Trinajstić information content (AvgIpc) is 2.62. The van der Waals surface area contributed by atoms with Gasteiger partial charge in [0, 0.05) is 18.1 Å². The number of hydrogen-bond acceptors (Lipinski definition) is 4. The van der Waals surface area contributed by atoms with E-state index in [1.54, 1.807) is 24.3 Å². The van der Waals surface area contributed by atoms with Crippen LogP contribution in [0.1, 0.15) is 35.2 Å². The molecule has 1 heterocycles. The van der Waals surface area contributed by atoms with Gasteiger partial charge < -0.3 is 14.6 Å². The number of phenolic OH excluding ortho intramolecular Hbond substituents is 1. The van der Waals surface area contributed by atoms with Gasteiger partial charge in [0.25, 0.3) is 0 Å². The van der Waals surface area contributed by atoms with E-state index in [2.05, 4.69) is 0 Å². The number of allylic oxidation sites excluding steroid dienone is 1. The fourth-order valence-corrected chi connectivity index (χ4v) is 2.61. The highest BCUT2D eigenvalue weighted by Crippen LogP contribution is 2.27. The number of halogens is 1.